The number of hydrogen-bond acceptors (Lipinski definition) is 3. The summed E-state index contributed by atoms with van der Waals surface area (Å²) in [6, 6.07) is 0. The van der Waals surface area contributed by atoms with E-state index in [1.54, 1.807) is 0 Å². The molecule has 0 saturated carbocycles. The Morgan fingerprint density at radius 1 is 0.952 bits per heavy atom. The highest BCUT2D eigenvalue weighted by molar-refractivity contribution is 14.1. The predicted molar refractivity (Wildman–Crippen MR) is 113 cm³/mol. The summed E-state index contributed by atoms with van der Waals surface area (Å²) >= 11 is 10.1. The Morgan fingerprint density at radius 3 is 1.71 bits per heavy atom. The highest BCUT2D eigenvalue weighted by atomic mass is 127. The number of halogens is 7. The summed E-state index contributed by atoms with van der Waals surface area (Å²) in [5.74, 6) is -7.39. The van der Waals surface area contributed by atoms with Crippen molar-refractivity contribution in [3.63, 3.8) is 0 Å². The van der Waals surface area contributed by atoms with Crippen LogP contribution in [0.5, 0.6) is 0 Å². The molecule has 0 aliphatic heterocycles. The number of hydrogen-bond donors (Lipinski definition) is 1. The zero-order valence-electron chi connectivity index (χ0n) is 9.52. The minimum absolute atomic E-state index is 0.173. The van der Waals surface area contributed by atoms with Crippen LogP contribution >= 0.6 is 113 Å². The van der Waals surface area contributed by atoms with E-state index >= 15 is 0 Å². The fourth-order valence-electron chi connectivity index (χ4n) is 1.07. The van der Waals surface area contributed by atoms with Crippen LogP contribution in [0.15, 0.2) is 0 Å². The zero-order valence-corrected chi connectivity index (χ0v) is 20.3. The molecule has 0 atom stereocenters. The van der Waals surface area contributed by atoms with E-state index in [-0.39, 0.29) is 5.56 Å². The van der Waals surface area contributed by atoms with E-state index in [2.05, 4.69) is 72.5 Å². The third-order valence-electron chi connectivity index (χ3n) is 2.11. The molecule has 0 aliphatic rings. The van der Waals surface area contributed by atoms with Crippen LogP contribution in [-0.2, 0) is 9.53 Å². The molecule has 21 heavy (non-hydrogen) atoms. The van der Waals surface area contributed by atoms with Crippen LogP contribution in [0.4, 0.5) is 8.78 Å². The summed E-state index contributed by atoms with van der Waals surface area (Å²) in [4.78, 5) is 22.3. The molecule has 1 N–H and O–H groups in total. The number of carboxylic acids is 1. The number of carbonyl (C=O) groups is 2. The largest absolute Gasteiger partial charge is 0.477 e. The fourth-order valence-corrected chi connectivity index (χ4v) is 6.28. The summed E-state index contributed by atoms with van der Waals surface area (Å²) in [6.07, 6.45) is 0. The van der Waals surface area contributed by atoms with Gasteiger partial charge >= 0.3 is 17.9 Å². The molecule has 0 heterocycles. The first-order valence-corrected chi connectivity index (χ1v) is 10.2. The van der Waals surface area contributed by atoms with Crippen LogP contribution in [0.2, 0.25) is 0 Å². The lowest BCUT2D eigenvalue weighted by molar-refractivity contribution is -0.170. The van der Waals surface area contributed by atoms with Crippen molar-refractivity contribution in [2.24, 2.45) is 0 Å². The number of rotatable bonds is 4. The van der Waals surface area contributed by atoms with Crippen molar-refractivity contribution < 1.29 is 28.2 Å². The average Bonchev–Trinajstić information content (AvgIpc) is 2.41. The quantitative estimate of drug-likeness (QED) is 0.209. The van der Waals surface area contributed by atoms with Crippen molar-refractivity contribution in [1.82, 2.24) is 0 Å². The Morgan fingerprint density at radius 2 is 1.33 bits per heavy atom. The number of ether oxygens (including phenoxy) is 1. The second-order valence-corrected chi connectivity index (χ2v) is 8.92. The molecule has 0 fully saturated rings. The number of carboxylic acid groups (broad SMARTS) is 1. The van der Waals surface area contributed by atoms with E-state index < -0.39 is 24.5 Å². The van der Waals surface area contributed by atoms with Crippen molar-refractivity contribution in [2.75, 3.05) is 6.61 Å². The second-order valence-electron chi connectivity index (χ2n) is 3.53. The van der Waals surface area contributed by atoms with Gasteiger partial charge in [0.2, 0.25) is 0 Å². The van der Waals surface area contributed by atoms with Crippen molar-refractivity contribution in [3.8, 4) is 0 Å². The fraction of sp³-hybridized carbons (Fsp3) is 0.200. The molecule has 4 nitrogen and oxygen atoms in total. The number of aliphatic carboxylic acids is 1. The highest BCUT2D eigenvalue weighted by Crippen LogP contribution is 2.34. The molecule has 1 aromatic rings. The van der Waals surface area contributed by atoms with Crippen molar-refractivity contribution in [2.45, 2.75) is 5.92 Å². The standard InChI is InChI=1S/C10H3F2I5O4/c11-10(12,9(19)20)1-21-8(18)2-3(13)5(15)7(17)6(16)4(2)14/h1H2,(H,19,20). The lowest BCUT2D eigenvalue weighted by Crippen LogP contribution is -2.35. The summed E-state index contributed by atoms with van der Waals surface area (Å²) in [6.45, 7) is -1.49. The van der Waals surface area contributed by atoms with Crippen molar-refractivity contribution in [1.29, 1.82) is 0 Å². The van der Waals surface area contributed by atoms with Crippen LogP contribution < -0.4 is 0 Å². The van der Waals surface area contributed by atoms with Gasteiger partial charge in [0.05, 0.1) is 5.56 Å². The Hall–Kier alpha value is 1.67. The van der Waals surface area contributed by atoms with E-state index in [0.717, 1.165) is 10.7 Å². The number of benzene rings is 1. The third kappa shape index (κ3) is 4.83. The van der Waals surface area contributed by atoms with Crippen LogP contribution in [0, 0.1) is 17.9 Å². The second kappa shape index (κ2) is 8.17. The maximum Gasteiger partial charge on any atom is 0.378 e. The molecule has 0 spiro atoms. The van der Waals surface area contributed by atoms with E-state index in [1.807, 2.05) is 45.2 Å². The molecule has 0 aliphatic carbocycles. The maximum absolute atomic E-state index is 13.0. The van der Waals surface area contributed by atoms with E-state index in [9.17, 15) is 18.4 Å². The van der Waals surface area contributed by atoms with Gasteiger partial charge in [-0.05, 0) is 113 Å². The van der Waals surface area contributed by atoms with Gasteiger partial charge in [-0.25, -0.2) is 9.59 Å². The van der Waals surface area contributed by atoms with Crippen LogP contribution in [-0.4, -0.2) is 29.6 Å². The third-order valence-corrected chi connectivity index (χ3v) is 11.6. The minimum Gasteiger partial charge on any atom is -0.477 e. The molecule has 0 saturated heterocycles. The number of carbonyl (C=O) groups excluding carboxylic acids is 1. The van der Waals surface area contributed by atoms with E-state index in [4.69, 9.17) is 5.11 Å². The van der Waals surface area contributed by atoms with Crippen LogP contribution in [0.25, 0.3) is 0 Å². The molecule has 0 bridgehead atoms. The molecule has 1 rings (SSSR count). The van der Waals surface area contributed by atoms with Gasteiger partial charge in [-0.1, -0.05) is 0 Å². The van der Waals surface area contributed by atoms with Crippen LogP contribution in [0.3, 0.4) is 0 Å². The van der Waals surface area contributed by atoms with Crippen molar-refractivity contribution >= 4 is 125 Å². The van der Waals surface area contributed by atoms with Gasteiger partial charge in [0, 0.05) is 17.9 Å². The first-order valence-electron chi connectivity index (χ1n) is 4.80. The highest BCUT2D eigenvalue weighted by Gasteiger charge is 2.41. The summed E-state index contributed by atoms with van der Waals surface area (Å²) in [5.41, 5.74) is 0.173. The number of esters is 1. The van der Waals surface area contributed by atoms with Gasteiger partial charge in [0.25, 0.3) is 0 Å². The summed E-state index contributed by atoms with van der Waals surface area (Å²) in [7, 11) is 0. The molecule has 0 unspecified atom stereocenters. The van der Waals surface area contributed by atoms with Crippen LogP contribution in [0.1, 0.15) is 10.4 Å². The summed E-state index contributed by atoms with van der Waals surface area (Å²) in [5, 5.41) is 8.31. The minimum atomic E-state index is -4.10. The van der Waals surface area contributed by atoms with Crippen molar-refractivity contribution in [3.05, 3.63) is 23.4 Å². The number of alkyl halides is 2. The Balaban J connectivity index is 3.13. The van der Waals surface area contributed by atoms with Gasteiger partial charge in [-0.3, -0.25) is 0 Å². The topological polar surface area (TPSA) is 63.6 Å². The van der Waals surface area contributed by atoms with Gasteiger partial charge in [0.15, 0.2) is 6.61 Å². The maximum atomic E-state index is 13.0. The average molecular weight is 860 g/mol. The molecular formula is C10H3F2I5O4. The SMILES string of the molecule is O=C(OCC(F)(F)C(=O)O)c1c(I)c(I)c(I)c(I)c1I. The zero-order chi connectivity index (χ0) is 16.5. The predicted octanol–water partition coefficient (Wildman–Crippen LogP) is 4.59. The van der Waals surface area contributed by atoms with Gasteiger partial charge in [-0.2, -0.15) is 8.78 Å². The lowest BCUT2D eigenvalue weighted by atomic mass is 10.2. The molecule has 0 amide bonds. The Labute approximate surface area is 186 Å². The lowest BCUT2D eigenvalue weighted by Gasteiger charge is -2.15. The van der Waals surface area contributed by atoms with Gasteiger partial charge in [0.1, 0.15) is 0 Å². The van der Waals surface area contributed by atoms with E-state index in [0.29, 0.717) is 7.14 Å². The van der Waals surface area contributed by atoms with Gasteiger partial charge < -0.3 is 9.84 Å². The van der Waals surface area contributed by atoms with Gasteiger partial charge in [-0.15, -0.1) is 0 Å². The Kier molecular flexibility index (Phi) is 8.06. The summed E-state index contributed by atoms with van der Waals surface area (Å²) < 4.78 is 34.2. The molecule has 0 radical (unpaired) electrons. The molecule has 11 heteroatoms. The van der Waals surface area contributed by atoms with E-state index in [1.165, 1.54) is 0 Å². The normalized spacial score (nSPS) is 11.4. The molecule has 0 aromatic heterocycles. The Bertz CT molecular complexity index is 591. The first kappa shape index (κ1) is 20.7. The first-order chi connectivity index (χ1) is 9.50. The molecule has 1 aromatic carbocycles. The molecule has 116 valence electrons. The molecular weight excluding hydrogens is 857 g/mol. The smallest absolute Gasteiger partial charge is 0.378 e. The monoisotopic (exact) mass is 860 g/mol.